The van der Waals surface area contributed by atoms with Crippen LogP contribution in [0.1, 0.15) is 16.5 Å². The summed E-state index contributed by atoms with van der Waals surface area (Å²) >= 11 is 17.1. The first-order chi connectivity index (χ1) is 9.96. The van der Waals surface area contributed by atoms with E-state index < -0.39 is 0 Å². The van der Waals surface area contributed by atoms with Crippen molar-refractivity contribution in [3.05, 3.63) is 54.9 Å². The highest BCUT2D eigenvalue weighted by atomic mass is 79.9. The third kappa shape index (κ3) is 3.95. The molecule has 112 valence electrons. The predicted molar refractivity (Wildman–Crippen MR) is 96.8 cm³/mol. The maximum absolute atomic E-state index is 6.65. The lowest BCUT2D eigenvalue weighted by molar-refractivity contribution is 0.397. The Hall–Kier alpha value is -0.230. The molecule has 1 atom stereocenters. The molecule has 21 heavy (non-hydrogen) atoms. The summed E-state index contributed by atoms with van der Waals surface area (Å²) in [5, 5.41) is -0.351. The van der Waals surface area contributed by atoms with Crippen molar-refractivity contribution < 1.29 is 9.47 Å². The lowest BCUT2D eigenvalue weighted by atomic mass is 10.0. The number of hydrogen-bond donors (Lipinski definition) is 0. The normalized spacial score (nSPS) is 12.1. The number of methoxy groups -OCH3 is 2. The number of ether oxygens (including phenoxy) is 2. The number of rotatable bonds is 4. The van der Waals surface area contributed by atoms with Crippen molar-refractivity contribution in [2.45, 2.75) is 5.38 Å². The van der Waals surface area contributed by atoms with Gasteiger partial charge in [0.15, 0.2) is 0 Å². The Labute approximate surface area is 154 Å². The molecule has 0 saturated carbocycles. The molecule has 1 unspecified atom stereocenters. The molecule has 0 heterocycles. The van der Waals surface area contributed by atoms with Crippen molar-refractivity contribution in [1.82, 2.24) is 0 Å². The van der Waals surface area contributed by atoms with Gasteiger partial charge in [-0.15, -0.1) is 11.6 Å². The number of alkyl halides is 1. The minimum absolute atomic E-state index is 0.351. The Morgan fingerprint density at radius 2 is 1.43 bits per heavy atom. The van der Waals surface area contributed by atoms with E-state index in [2.05, 4.69) is 47.8 Å². The van der Waals surface area contributed by atoms with E-state index in [1.54, 1.807) is 14.2 Å². The Balaban J connectivity index is 2.53. The molecular formula is C15H12Br3ClO2. The average Bonchev–Trinajstić information content (AvgIpc) is 2.45. The molecule has 0 bridgehead atoms. The second kappa shape index (κ2) is 7.36. The lowest BCUT2D eigenvalue weighted by Gasteiger charge is -2.17. The second-order valence-electron chi connectivity index (χ2n) is 4.29. The zero-order chi connectivity index (χ0) is 15.6. The zero-order valence-electron chi connectivity index (χ0n) is 11.3. The first-order valence-electron chi connectivity index (χ1n) is 5.97. The van der Waals surface area contributed by atoms with Crippen LogP contribution in [0.5, 0.6) is 11.5 Å². The molecule has 0 aliphatic heterocycles. The fraction of sp³-hybridized carbons (Fsp3) is 0.200. The van der Waals surface area contributed by atoms with Gasteiger partial charge in [-0.2, -0.15) is 0 Å². The van der Waals surface area contributed by atoms with E-state index in [1.807, 2.05) is 30.3 Å². The van der Waals surface area contributed by atoms with Crippen LogP contribution < -0.4 is 9.47 Å². The van der Waals surface area contributed by atoms with Crippen LogP contribution >= 0.6 is 59.4 Å². The van der Waals surface area contributed by atoms with Gasteiger partial charge in [0.25, 0.3) is 0 Å². The highest BCUT2D eigenvalue weighted by Gasteiger charge is 2.19. The summed E-state index contributed by atoms with van der Waals surface area (Å²) in [6.45, 7) is 0. The molecular weight excluding hydrogens is 487 g/mol. The largest absolute Gasteiger partial charge is 0.496 e. The summed E-state index contributed by atoms with van der Waals surface area (Å²) < 4.78 is 13.5. The van der Waals surface area contributed by atoms with Crippen molar-refractivity contribution in [1.29, 1.82) is 0 Å². The minimum Gasteiger partial charge on any atom is -0.496 e. The molecule has 0 amide bonds. The smallest absolute Gasteiger partial charge is 0.133 e. The standard InChI is InChI=1S/C15H12Br3ClO2/c1-20-13-7-12(18)14(21-2)6-11(13)15(19)8-3-9(16)5-10(17)4-8/h3-7,15H,1-2H3. The summed E-state index contributed by atoms with van der Waals surface area (Å²) in [4.78, 5) is 0. The maximum atomic E-state index is 6.65. The Morgan fingerprint density at radius 1 is 0.857 bits per heavy atom. The number of halogens is 4. The molecule has 0 aliphatic carbocycles. The maximum Gasteiger partial charge on any atom is 0.133 e. The van der Waals surface area contributed by atoms with E-state index in [4.69, 9.17) is 21.1 Å². The van der Waals surface area contributed by atoms with Gasteiger partial charge in [-0.3, -0.25) is 0 Å². The highest BCUT2D eigenvalue weighted by molar-refractivity contribution is 9.11. The monoisotopic (exact) mass is 496 g/mol. The van der Waals surface area contributed by atoms with Crippen LogP contribution in [0.3, 0.4) is 0 Å². The summed E-state index contributed by atoms with van der Waals surface area (Å²) in [7, 11) is 3.24. The lowest BCUT2D eigenvalue weighted by Crippen LogP contribution is -1.99. The second-order valence-corrected chi connectivity index (χ2v) is 7.42. The topological polar surface area (TPSA) is 18.5 Å². The molecule has 0 fully saturated rings. The Bertz CT molecular complexity index is 641. The van der Waals surface area contributed by atoms with E-state index in [1.165, 1.54) is 0 Å². The van der Waals surface area contributed by atoms with Gasteiger partial charge >= 0.3 is 0 Å². The van der Waals surface area contributed by atoms with Gasteiger partial charge in [0.1, 0.15) is 11.5 Å². The van der Waals surface area contributed by atoms with Gasteiger partial charge in [0, 0.05) is 14.5 Å². The van der Waals surface area contributed by atoms with Crippen LogP contribution in [0.25, 0.3) is 0 Å². The van der Waals surface area contributed by atoms with E-state index in [0.717, 1.165) is 24.5 Å². The van der Waals surface area contributed by atoms with Crippen molar-refractivity contribution >= 4 is 59.4 Å². The molecule has 0 aliphatic rings. The Morgan fingerprint density at radius 3 is 1.95 bits per heavy atom. The number of benzene rings is 2. The average molecular weight is 499 g/mol. The van der Waals surface area contributed by atoms with Crippen LogP contribution in [0.15, 0.2) is 43.7 Å². The minimum atomic E-state index is -0.351. The number of hydrogen-bond acceptors (Lipinski definition) is 2. The van der Waals surface area contributed by atoms with Gasteiger partial charge in [0.2, 0.25) is 0 Å². The van der Waals surface area contributed by atoms with Crippen molar-refractivity contribution in [3.8, 4) is 11.5 Å². The molecule has 0 N–H and O–H groups in total. The summed E-state index contributed by atoms with van der Waals surface area (Å²) in [5.41, 5.74) is 1.81. The molecule has 6 heteroatoms. The van der Waals surface area contributed by atoms with E-state index >= 15 is 0 Å². The summed E-state index contributed by atoms with van der Waals surface area (Å²) in [6.07, 6.45) is 0. The third-order valence-corrected chi connectivity index (χ3v) is 4.98. The first-order valence-corrected chi connectivity index (χ1v) is 8.79. The summed E-state index contributed by atoms with van der Waals surface area (Å²) in [6, 6.07) is 9.67. The Kier molecular flexibility index (Phi) is 6.00. The van der Waals surface area contributed by atoms with Gasteiger partial charge in [0.05, 0.1) is 24.1 Å². The van der Waals surface area contributed by atoms with Gasteiger partial charge < -0.3 is 9.47 Å². The third-order valence-electron chi connectivity index (χ3n) is 2.95. The van der Waals surface area contributed by atoms with Crippen LogP contribution in [-0.2, 0) is 0 Å². The van der Waals surface area contributed by atoms with Crippen LogP contribution in [0, 0.1) is 0 Å². The molecule has 2 nitrogen and oxygen atoms in total. The quantitative estimate of drug-likeness (QED) is 0.459. The van der Waals surface area contributed by atoms with Crippen LogP contribution in [0.4, 0.5) is 0 Å². The van der Waals surface area contributed by atoms with Crippen molar-refractivity contribution in [2.24, 2.45) is 0 Å². The van der Waals surface area contributed by atoms with E-state index in [0.29, 0.717) is 11.5 Å². The summed E-state index contributed by atoms with van der Waals surface area (Å²) in [5.74, 6) is 1.42. The fourth-order valence-corrected chi connectivity index (χ4v) is 4.09. The zero-order valence-corrected chi connectivity index (χ0v) is 16.8. The van der Waals surface area contributed by atoms with Crippen molar-refractivity contribution in [2.75, 3.05) is 14.2 Å². The van der Waals surface area contributed by atoms with Gasteiger partial charge in [-0.1, -0.05) is 31.9 Å². The molecule has 2 rings (SSSR count). The van der Waals surface area contributed by atoms with Gasteiger partial charge in [-0.05, 0) is 51.8 Å². The molecule has 2 aromatic rings. The van der Waals surface area contributed by atoms with E-state index in [-0.39, 0.29) is 5.38 Å². The molecule has 2 aromatic carbocycles. The fourth-order valence-electron chi connectivity index (χ4n) is 1.98. The molecule has 0 radical (unpaired) electrons. The SMILES string of the molecule is COc1cc(C(Cl)c2cc(Br)cc(Br)c2)c(OC)cc1Br. The van der Waals surface area contributed by atoms with E-state index in [9.17, 15) is 0 Å². The predicted octanol–water partition coefficient (Wildman–Crippen LogP) is 6.32. The van der Waals surface area contributed by atoms with Crippen LogP contribution in [0.2, 0.25) is 0 Å². The highest BCUT2D eigenvalue weighted by Crippen LogP contribution is 2.41. The molecule has 0 spiro atoms. The molecule has 0 aromatic heterocycles. The molecule has 0 saturated heterocycles. The first kappa shape index (κ1) is 17.1. The van der Waals surface area contributed by atoms with Crippen molar-refractivity contribution in [3.63, 3.8) is 0 Å². The van der Waals surface area contributed by atoms with Gasteiger partial charge in [-0.25, -0.2) is 0 Å². The van der Waals surface area contributed by atoms with Crippen LogP contribution in [-0.4, -0.2) is 14.2 Å².